The Labute approximate surface area is 130 Å². The highest BCUT2D eigenvalue weighted by Gasteiger charge is 2.24. The van der Waals surface area contributed by atoms with Gasteiger partial charge in [0.1, 0.15) is 0 Å². The summed E-state index contributed by atoms with van der Waals surface area (Å²) >= 11 is 0. The molecule has 4 heteroatoms. The first-order valence-electron chi connectivity index (χ1n) is 7.87. The Balaban J connectivity index is 1.76. The van der Waals surface area contributed by atoms with Crippen molar-refractivity contribution < 1.29 is 9.90 Å². The van der Waals surface area contributed by atoms with Crippen LogP contribution in [0.25, 0.3) is 10.8 Å². The van der Waals surface area contributed by atoms with E-state index in [4.69, 9.17) is 5.11 Å². The highest BCUT2D eigenvalue weighted by atomic mass is 16.4. The first-order valence-corrected chi connectivity index (χ1v) is 7.87. The quantitative estimate of drug-likeness (QED) is 0.909. The van der Waals surface area contributed by atoms with Crippen LogP contribution in [-0.2, 0) is 0 Å². The lowest BCUT2D eigenvalue weighted by Crippen LogP contribution is -2.48. The van der Waals surface area contributed by atoms with E-state index in [1.807, 2.05) is 0 Å². The van der Waals surface area contributed by atoms with Crippen molar-refractivity contribution in [2.24, 2.45) is 0 Å². The van der Waals surface area contributed by atoms with Crippen molar-refractivity contribution in [2.75, 3.05) is 13.1 Å². The van der Waals surface area contributed by atoms with Crippen molar-refractivity contribution in [1.82, 2.24) is 10.2 Å². The molecule has 0 bridgehead atoms. The van der Waals surface area contributed by atoms with Crippen LogP contribution in [0.5, 0.6) is 0 Å². The second-order valence-corrected chi connectivity index (χ2v) is 6.02. The molecule has 116 valence electrons. The molecule has 2 unspecified atom stereocenters. The number of benzene rings is 2. The third kappa shape index (κ3) is 3.07. The van der Waals surface area contributed by atoms with Crippen LogP contribution in [0.4, 0.5) is 4.79 Å². The minimum absolute atomic E-state index is 0.199. The molecule has 2 atom stereocenters. The van der Waals surface area contributed by atoms with E-state index in [2.05, 4.69) is 54.7 Å². The molecule has 0 saturated carbocycles. The Morgan fingerprint density at radius 3 is 2.86 bits per heavy atom. The molecule has 1 aliphatic heterocycles. The van der Waals surface area contributed by atoms with Gasteiger partial charge in [-0.3, -0.25) is 0 Å². The Kier molecular flexibility index (Phi) is 4.29. The van der Waals surface area contributed by atoms with Crippen LogP contribution in [0.15, 0.2) is 42.5 Å². The van der Waals surface area contributed by atoms with Gasteiger partial charge in [-0.15, -0.1) is 0 Å². The van der Waals surface area contributed by atoms with Gasteiger partial charge in [-0.25, -0.2) is 4.79 Å². The van der Waals surface area contributed by atoms with E-state index in [0.29, 0.717) is 13.1 Å². The number of hydrogen-bond acceptors (Lipinski definition) is 2. The number of amides is 1. The summed E-state index contributed by atoms with van der Waals surface area (Å²) in [4.78, 5) is 12.6. The minimum atomic E-state index is -0.815. The normalized spacial score (nSPS) is 20.0. The van der Waals surface area contributed by atoms with Crippen LogP contribution in [0.2, 0.25) is 0 Å². The van der Waals surface area contributed by atoms with Crippen molar-refractivity contribution in [3.05, 3.63) is 48.0 Å². The van der Waals surface area contributed by atoms with Crippen LogP contribution >= 0.6 is 0 Å². The Bertz CT molecular complexity index is 666. The molecule has 2 aromatic carbocycles. The Morgan fingerprint density at radius 2 is 2.05 bits per heavy atom. The fourth-order valence-corrected chi connectivity index (χ4v) is 3.36. The molecule has 2 aromatic rings. The Morgan fingerprint density at radius 1 is 1.27 bits per heavy atom. The van der Waals surface area contributed by atoms with Gasteiger partial charge in [0.15, 0.2) is 0 Å². The molecule has 1 saturated heterocycles. The highest BCUT2D eigenvalue weighted by molar-refractivity contribution is 5.86. The molecule has 1 heterocycles. The molecule has 1 fully saturated rings. The fourth-order valence-electron chi connectivity index (χ4n) is 3.36. The highest BCUT2D eigenvalue weighted by Crippen LogP contribution is 2.25. The number of likely N-dealkylation sites (tertiary alicyclic amines) is 1. The second kappa shape index (κ2) is 6.36. The standard InChI is InChI=1S/C18H22N2O2/c1-13(19-15-8-5-11-20(12-15)18(21)22)16-10-4-7-14-6-2-3-9-17(14)16/h2-4,6-7,9-10,13,15,19H,5,8,11-12H2,1H3,(H,21,22). The summed E-state index contributed by atoms with van der Waals surface area (Å²) in [5.74, 6) is 0. The van der Waals surface area contributed by atoms with E-state index in [-0.39, 0.29) is 12.1 Å². The predicted octanol–water partition coefficient (Wildman–Crippen LogP) is 3.63. The summed E-state index contributed by atoms with van der Waals surface area (Å²) in [5, 5.41) is 15.3. The van der Waals surface area contributed by atoms with Gasteiger partial charge in [-0.1, -0.05) is 42.5 Å². The van der Waals surface area contributed by atoms with Gasteiger partial charge < -0.3 is 15.3 Å². The SMILES string of the molecule is CC(NC1CCCN(C(=O)O)C1)c1cccc2ccccc12. The van der Waals surface area contributed by atoms with Crippen molar-refractivity contribution >= 4 is 16.9 Å². The first kappa shape index (κ1) is 14.9. The molecular formula is C18H22N2O2. The van der Waals surface area contributed by atoms with Crippen LogP contribution in [0.3, 0.4) is 0 Å². The summed E-state index contributed by atoms with van der Waals surface area (Å²) < 4.78 is 0. The van der Waals surface area contributed by atoms with Gasteiger partial charge in [0.05, 0.1) is 0 Å². The zero-order chi connectivity index (χ0) is 15.5. The largest absolute Gasteiger partial charge is 0.465 e. The van der Waals surface area contributed by atoms with E-state index in [9.17, 15) is 4.79 Å². The molecule has 2 N–H and O–H groups in total. The van der Waals surface area contributed by atoms with Crippen LogP contribution in [-0.4, -0.2) is 35.2 Å². The van der Waals surface area contributed by atoms with E-state index in [0.717, 1.165) is 12.8 Å². The zero-order valence-corrected chi connectivity index (χ0v) is 12.8. The maximum absolute atomic E-state index is 11.1. The van der Waals surface area contributed by atoms with Gasteiger partial charge in [0, 0.05) is 25.2 Å². The molecule has 22 heavy (non-hydrogen) atoms. The maximum atomic E-state index is 11.1. The van der Waals surface area contributed by atoms with Gasteiger partial charge >= 0.3 is 6.09 Å². The van der Waals surface area contributed by atoms with Crippen molar-refractivity contribution in [2.45, 2.75) is 31.8 Å². The molecule has 0 spiro atoms. The maximum Gasteiger partial charge on any atom is 0.407 e. The third-order valence-electron chi connectivity index (χ3n) is 4.47. The monoisotopic (exact) mass is 298 g/mol. The lowest BCUT2D eigenvalue weighted by Gasteiger charge is -2.33. The van der Waals surface area contributed by atoms with Crippen LogP contribution in [0.1, 0.15) is 31.4 Å². The number of nitrogens with zero attached hydrogens (tertiary/aromatic N) is 1. The fraction of sp³-hybridized carbons (Fsp3) is 0.389. The molecule has 0 aromatic heterocycles. The summed E-state index contributed by atoms with van der Waals surface area (Å²) in [6.07, 6.45) is 1.13. The molecule has 1 aliphatic rings. The number of hydrogen-bond donors (Lipinski definition) is 2. The number of rotatable bonds is 3. The van der Waals surface area contributed by atoms with E-state index in [1.165, 1.54) is 21.2 Å². The second-order valence-electron chi connectivity index (χ2n) is 6.02. The van der Waals surface area contributed by atoms with Crippen molar-refractivity contribution in [3.8, 4) is 0 Å². The zero-order valence-electron chi connectivity index (χ0n) is 12.8. The summed E-state index contributed by atoms with van der Waals surface area (Å²) in [7, 11) is 0. The molecule has 1 amide bonds. The number of carboxylic acid groups (broad SMARTS) is 1. The first-order chi connectivity index (χ1) is 10.6. The average Bonchev–Trinajstić information content (AvgIpc) is 2.54. The summed E-state index contributed by atoms with van der Waals surface area (Å²) in [6, 6.07) is 15.2. The topological polar surface area (TPSA) is 52.6 Å². The minimum Gasteiger partial charge on any atom is -0.465 e. The predicted molar refractivity (Wildman–Crippen MR) is 88.1 cm³/mol. The number of fused-ring (bicyclic) bond motifs is 1. The molecular weight excluding hydrogens is 276 g/mol. The molecule has 0 aliphatic carbocycles. The lowest BCUT2D eigenvalue weighted by molar-refractivity contribution is 0.124. The van der Waals surface area contributed by atoms with Gasteiger partial charge in [0.25, 0.3) is 0 Å². The van der Waals surface area contributed by atoms with Crippen molar-refractivity contribution in [3.63, 3.8) is 0 Å². The van der Waals surface area contributed by atoms with E-state index >= 15 is 0 Å². The molecule has 0 radical (unpaired) electrons. The summed E-state index contributed by atoms with van der Waals surface area (Å²) in [5.41, 5.74) is 1.27. The van der Waals surface area contributed by atoms with Gasteiger partial charge in [0.2, 0.25) is 0 Å². The van der Waals surface area contributed by atoms with Gasteiger partial charge in [-0.05, 0) is 36.1 Å². The van der Waals surface area contributed by atoms with E-state index in [1.54, 1.807) is 0 Å². The Hall–Kier alpha value is -2.07. The molecule has 3 rings (SSSR count). The summed E-state index contributed by atoms with van der Waals surface area (Å²) in [6.45, 7) is 3.38. The van der Waals surface area contributed by atoms with Gasteiger partial charge in [-0.2, -0.15) is 0 Å². The van der Waals surface area contributed by atoms with Crippen LogP contribution < -0.4 is 5.32 Å². The van der Waals surface area contributed by atoms with Crippen molar-refractivity contribution in [1.29, 1.82) is 0 Å². The number of nitrogens with one attached hydrogen (secondary N) is 1. The number of piperidine rings is 1. The third-order valence-corrected chi connectivity index (χ3v) is 4.47. The van der Waals surface area contributed by atoms with Crippen LogP contribution in [0, 0.1) is 0 Å². The number of carbonyl (C=O) groups is 1. The molecule has 4 nitrogen and oxygen atoms in total. The average molecular weight is 298 g/mol. The van der Waals surface area contributed by atoms with E-state index < -0.39 is 6.09 Å². The smallest absolute Gasteiger partial charge is 0.407 e. The lowest BCUT2D eigenvalue weighted by atomic mass is 9.98.